The molecule has 0 heterocycles. The summed E-state index contributed by atoms with van der Waals surface area (Å²) in [5.41, 5.74) is 3.85. The molecule has 0 radical (unpaired) electrons. The molecule has 1 unspecified atom stereocenters. The molecule has 35 heavy (non-hydrogen) atoms. The molecule has 0 spiro atoms. The number of alkyl carbamates (subject to hydrolysis) is 1. The molecule has 0 fully saturated rings. The summed E-state index contributed by atoms with van der Waals surface area (Å²) in [4.78, 5) is 37.6. The molecule has 0 aromatic heterocycles. The van der Waals surface area contributed by atoms with Gasteiger partial charge in [-0.2, -0.15) is 0 Å². The Balaban J connectivity index is 1.66. The molecule has 0 saturated carbocycles. The quantitative estimate of drug-likeness (QED) is 0.520. The molecular weight excluding hydrogens is 448 g/mol. The second-order valence-corrected chi connectivity index (χ2v) is 9.79. The predicted octanol–water partition coefficient (Wildman–Crippen LogP) is 5.02. The molecule has 3 rings (SSSR count). The summed E-state index contributed by atoms with van der Waals surface area (Å²) in [5, 5.41) is 11.7. The number of fused-ring (bicyclic) bond motifs is 3. The topological polar surface area (TPSA) is 105 Å². The highest BCUT2D eigenvalue weighted by Gasteiger charge is 2.30. The molecule has 1 atom stereocenters. The molecule has 0 aliphatic heterocycles. The lowest BCUT2D eigenvalue weighted by Crippen LogP contribution is -2.46. The van der Waals surface area contributed by atoms with Gasteiger partial charge in [0.05, 0.1) is 0 Å². The number of hydrogen-bond acceptors (Lipinski definition) is 5. The maximum atomic E-state index is 13.1. The van der Waals surface area contributed by atoms with Gasteiger partial charge in [-0.15, -0.1) is 0 Å². The van der Waals surface area contributed by atoms with E-state index >= 15 is 0 Å². The fourth-order valence-corrected chi connectivity index (χ4v) is 4.25. The number of aliphatic carboxylic acids is 1. The molecule has 8 heteroatoms. The van der Waals surface area contributed by atoms with Crippen LogP contribution >= 0.6 is 0 Å². The van der Waals surface area contributed by atoms with E-state index in [9.17, 15) is 14.4 Å². The monoisotopic (exact) mass is 482 g/mol. The van der Waals surface area contributed by atoms with Gasteiger partial charge in [0.2, 0.25) is 0 Å². The molecule has 0 bridgehead atoms. The van der Waals surface area contributed by atoms with Gasteiger partial charge in [-0.1, -0.05) is 48.5 Å². The van der Waals surface area contributed by atoms with E-state index < -0.39 is 29.8 Å². The molecule has 0 saturated heterocycles. The second-order valence-electron chi connectivity index (χ2n) is 9.79. The molecule has 1 aliphatic rings. The zero-order valence-electron chi connectivity index (χ0n) is 20.7. The number of nitrogens with zero attached hydrogens (tertiary/aromatic N) is 1. The summed E-state index contributed by atoms with van der Waals surface area (Å²) < 4.78 is 11.0. The number of benzene rings is 2. The smallest absolute Gasteiger partial charge is 0.409 e. The van der Waals surface area contributed by atoms with Gasteiger partial charge in [0.1, 0.15) is 12.2 Å². The first-order valence-corrected chi connectivity index (χ1v) is 11.9. The van der Waals surface area contributed by atoms with Gasteiger partial charge in [0.25, 0.3) is 0 Å². The van der Waals surface area contributed by atoms with Crippen molar-refractivity contribution in [1.29, 1.82) is 0 Å². The third kappa shape index (κ3) is 7.21. The summed E-state index contributed by atoms with van der Waals surface area (Å²) >= 11 is 0. The Hall–Kier alpha value is -3.55. The fraction of sp³-hybridized carbons (Fsp3) is 0.444. The van der Waals surface area contributed by atoms with E-state index in [0.29, 0.717) is 0 Å². The van der Waals surface area contributed by atoms with Crippen molar-refractivity contribution >= 4 is 18.2 Å². The van der Waals surface area contributed by atoms with Crippen LogP contribution in [0.1, 0.15) is 57.6 Å². The Labute approximate surface area is 206 Å². The van der Waals surface area contributed by atoms with Gasteiger partial charge >= 0.3 is 18.2 Å². The Morgan fingerprint density at radius 1 is 1.03 bits per heavy atom. The molecule has 1 aliphatic carbocycles. The van der Waals surface area contributed by atoms with E-state index in [4.69, 9.17) is 14.6 Å². The van der Waals surface area contributed by atoms with Crippen molar-refractivity contribution in [3.05, 3.63) is 59.7 Å². The minimum atomic E-state index is -0.933. The van der Waals surface area contributed by atoms with E-state index in [1.54, 1.807) is 27.7 Å². The van der Waals surface area contributed by atoms with Gasteiger partial charge in [0.15, 0.2) is 0 Å². The molecule has 188 valence electrons. The lowest BCUT2D eigenvalue weighted by atomic mass is 9.98. The summed E-state index contributed by atoms with van der Waals surface area (Å²) in [6, 6.07) is 15.7. The Bertz CT molecular complexity index is 1020. The van der Waals surface area contributed by atoms with Crippen molar-refractivity contribution in [2.45, 2.75) is 58.1 Å². The lowest BCUT2D eigenvalue weighted by Gasteiger charge is -2.27. The van der Waals surface area contributed by atoms with Gasteiger partial charge in [-0.25, -0.2) is 9.59 Å². The average Bonchev–Trinajstić information content (AvgIpc) is 3.09. The Kier molecular flexibility index (Phi) is 8.38. The SMILES string of the molecule is CC(CN(CCCC(=O)O)C(=O)OCC1c2ccccc2-c2ccccc21)NC(=O)OC(C)(C)C. The number of ether oxygens (including phenoxy) is 2. The van der Waals surface area contributed by atoms with Crippen molar-refractivity contribution in [3.8, 4) is 11.1 Å². The first kappa shape index (κ1) is 26.1. The van der Waals surface area contributed by atoms with E-state index in [2.05, 4.69) is 17.4 Å². The zero-order chi connectivity index (χ0) is 25.6. The normalized spacial score (nSPS) is 13.4. The number of carboxylic acid groups (broad SMARTS) is 1. The number of carbonyl (C=O) groups is 3. The minimum Gasteiger partial charge on any atom is -0.481 e. The third-order valence-corrected chi connectivity index (χ3v) is 5.67. The van der Waals surface area contributed by atoms with Crippen molar-refractivity contribution in [1.82, 2.24) is 10.2 Å². The van der Waals surface area contributed by atoms with E-state index in [1.165, 1.54) is 4.90 Å². The largest absolute Gasteiger partial charge is 0.481 e. The van der Waals surface area contributed by atoms with E-state index in [1.807, 2.05) is 36.4 Å². The summed E-state index contributed by atoms with van der Waals surface area (Å²) in [7, 11) is 0. The van der Waals surface area contributed by atoms with Gasteiger partial charge in [-0.3, -0.25) is 4.79 Å². The predicted molar refractivity (Wildman–Crippen MR) is 132 cm³/mol. The number of rotatable bonds is 9. The first-order chi connectivity index (χ1) is 16.5. The van der Waals surface area contributed by atoms with Crippen LogP contribution in [0.4, 0.5) is 9.59 Å². The highest BCUT2D eigenvalue weighted by atomic mass is 16.6. The second kappa shape index (κ2) is 11.3. The van der Waals surface area contributed by atoms with Crippen molar-refractivity contribution in [2.24, 2.45) is 0 Å². The van der Waals surface area contributed by atoms with Crippen LogP contribution in [0.3, 0.4) is 0 Å². The highest BCUT2D eigenvalue weighted by molar-refractivity contribution is 5.79. The third-order valence-electron chi connectivity index (χ3n) is 5.67. The van der Waals surface area contributed by atoms with Crippen LogP contribution in [0.15, 0.2) is 48.5 Å². The minimum absolute atomic E-state index is 0.0684. The van der Waals surface area contributed by atoms with Crippen LogP contribution in [0.25, 0.3) is 11.1 Å². The van der Waals surface area contributed by atoms with Crippen LogP contribution in [0, 0.1) is 0 Å². The van der Waals surface area contributed by atoms with Crippen LogP contribution < -0.4 is 5.32 Å². The number of amides is 2. The van der Waals surface area contributed by atoms with Crippen LogP contribution in [-0.4, -0.2) is 59.5 Å². The molecule has 2 amide bonds. The number of nitrogens with one attached hydrogen (secondary N) is 1. The van der Waals surface area contributed by atoms with E-state index in [0.717, 1.165) is 22.3 Å². The number of carbonyl (C=O) groups excluding carboxylic acids is 2. The number of carboxylic acids is 1. The molecule has 2 aromatic carbocycles. The van der Waals surface area contributed by atoms with Crippen molar-refractivity contribution in [2.75, 3.05) is 19.7 Å². The zero-order valence-corrected chi connectivity index (χ0v) is 20.7. The summed E-state index contributed by atoms with van der Waals surface area (Å²) in [5.74, 6) is -1.01. The Morgan fingerprint density at radius 3 is 2.14 bits per heavy atom. The number of hydrogen-bond donors (Lipinski definition) is 2. The molecule has 2 aromatic rings. The fourth-order valence-electron chi connectivity index (χ4n) is 4.25. The van der Waals surface area contributed by atoms with Gasteiger partial charge in [0, 0.05) is 31.5 Å². The summed E-state index contributed by atoms with van der Waals surface area (Å²) in [6.07, 6.45) is -0.919. The van der Waals surface area contributed by atoms with Crippen LogP contribution in [0.5, 0.6) is 0 Å². The van der Waals surface area contributed by atoms with Crippen molar-refractivity contribution < 1.29 is 29.0 Å². The highest BCUT2D eigenvalue weighted by Crippen LogP contribution is 2.44. The molecule has 2 N–H and O–H groups in total. The lowest BCUT2D eigenvalue weighted by molar-refractivity contribution is -0.137. The maximum absolute atomic E-state index is 13.1. The Morgan fingerprint density at radius 2 is 1.60 bits per heavy atom. The van der Waals surface area contributed by atoms with E-state index in [-0.39, 0.29) is 38.5 Å². The van der Waals surface area contributed by atoms with Crippen molar-refractivity contribution in [3.63, 3.8) is 0 Å². The first-order valence-electron chi connectivity index (χ1n) is 11.9. The summed E-state index contributed by atoms with van der Waals surface area (Å²) in [6.45, 7) is 7.59. The van der Waals surface area contributed by atoms with Crippen LogP contribution in [0.2, 0.25) is 0 Å². The standard InChI is InChI=1S/C27H34N2O6/c1-18(28-25(32)35-27(2,3)4)16-29(15-9-14-24(30)31)26(33)34-17-23-21-12-7-5-10-19(21)20-11-6-8-13-22(20)23/h5-8,10-13,18,23H,9,14-17H2,1-4H3,(H,28,32)(H,30,31). The molecular formula is C27H34N2O6. The van der Waals surface area contributed by atoms with Gasteiger partial charge in [-0.05, 0) is 56.4 Å². The van der Waals surface area contributed by atoms with Gasteiger partial charge < -0.3 is 24.8 Å². The average molecular weight is 483 g/mol. The maximum Gasteiger partial charge on any atom is 0.409 e. The van der Waals surface area contributed by atoms with Crippen LogP contribution in [-0.2, 0) is 14.3 Å². The molecule has 8 nitrogen and oxygen atoms in total.